The quantitative estimate of drug-likeness (QED) is 0.310. The van der Waals surface area contributed by atoms with Crippen molar-refractivity contribution in [3.8, 4) is 0 Å². The van der Waals surface area contributed by atoms with Crippen LogP contribution in [0, 0.1) is 0 Å². The van der Waals surface area contributed by atoms with Crippen LogP contribution in [0.4, 0.5) is 30.7 Å². The maximum absolute atomic E-state index is 11.3. The highest BCUT2D eigenvalue weighted by molar-refractivity contribution is 5.80. The number of aliphatic imine (C=N–C) groups is 1. The number of rotatable bonds is 0. The third-order valence-corrected chi connectivity index (χ3v) is 0.459. The van der Waals surface area contributed by atoms with Crippen LogP contribution in [0.1, 0.15) is 0 Å². The molecule has 0 radical (unpaired) electrons. The predicted octanol–water partition coefficient (Wildman–Crippen LogP) is 2.44. The van der Waals surface area contributed by atoms with Gasteiger partial charge in [-0.15, -0.1) is 13.2 Å². The van der Waals surface area contributed by atoms with Crippen molar-refractivity contribution in [2.45, 2.75) is 12.5 Å². The molecular weight excluding hydrogens is 183 g/mol. The molecule has 0 aromatic rings. The zero-order valence-electron chi connectivity index (χ0n) is 4.59. The van der Waals surface area contributed by atoms with E-state index in [4.69, 9.17) is 0 Å². The van der Waals surface area contributed by atoms with Crippen LogP contribution in [0.15, 0.2) is 4.99 Å². The Labute approximate surface area is 55.5 Å². The highest BCUT2D eigenvalue weighted by Gasteiger charge is 2.41. The molecule has 0 rings (SSSR count). The summed E-state index contributed by atoms with van der Waals surface area (Å²) in [5, 5.41) is 0. The van der Waals surface area contributed by atoms with E-state index in [0.29, 0.717) is 0 Å². The summed E-state index contributed by atoms with van der Waals surface area (Å²) in [5.41, 5.74) is 0. The highest BCUT2D eigenvalue weighted by atomic mass is 19.4. The smallest absolute Gasteiger partial charge is 0.180 e. The summed E-state index contributed by atoms with van der Waals surface area (Å²) in [5.74, 6) is -3.40. The largest absolute Gasteiger partial charge is 0.505 e. The van der Waals surface area contributed by atoms with Gasteiger partial charge in [-0.05, 0) is 0 Å². The molecular formula is C3F7N. The van der Waals surface area contributed by atoms with E-state index in [1.807, 2.05) is 0 Å². The molecule has 0 aromatic carbocycles. The minimum Gasteiger partial charge on any atom is -0.180 e. The van der Waals surface area contributed by atoms with Crippen LogP contribution in [0.25, 0.3) is 0 Å². The Kier molecular flexibility index (Phi) is 2.47. The summed E-state index contributed by atoms with van der Waals surface area (Å²) in [6.45, 7) is 0. The van der Waals surface area contributed by atoms with Crippen LogP contribution in [-0.2, 0) is 0 Å². The SMILES string of the molecule is FC(=NC(F)(F)F)C(F)(F)F. The Morgan fingerprint density at radius 1 is 0.909 bits per heavy atom. The molecule has 0 aliphatic carbocycles. The van der Waals surface area contributed by atoms with Crippen molar-refractivity contribution in [3.63, 3.8) is 0 Å². The lowest BCUT2D eigenvalue weighted by molar-refractivity contribution is -0.127. The normalized spacial score (nSPS) is 15.4. The molecule has 0 aromatic heterocycles. The zero-order valence-corrected chi connectivity index (χ0v) is 4.59. The van der Waals surface area contributed by atoms with Crippen molar-refractivity contribution in [2.75, 3.05) is 0 Å². The van der Waals surface area contributed by atoms with E-state index in [0.717, 1.165) is 4.99 Å². The van der Waals surface area contributed by atoms with Crippen molar-refractivity contribution in [3.05, 3.63) is 0 Å². The molecule has 0 bridgehead atoms. The molecule has 1 nitrogen and oxygen atoms in total. The van der Waals surface area contributed by atoms with Crippen LogP contribution >= 0.6 is 0 Å². The molecule has 0 N–H and O–H groups in total. The highest BCUT2D eigenvalue weighted by Crippen LogP contribution is 2.24. The molecule has 0 atom stereocenters. The monoisotopic (exact) mass is 183 g/mol. The van der Waals surface area contributed by atoms with E-state index in [1.54, 1.807) is 0 Å². The average molecular weight is 183 g/mol. The van der Waals surface area contributed by atoms with Gasteiger partial charge >= 0.3 is 12.5 Å². The fourth-order valence-corrected chi connectivity index (χ4v) is 0.175. The van der Waals surface area contributed by atoms with E-state index in [1.165, 1.54) is 0 Å². The molecule has 0 amide bonds. The second-order valence-electron chi connectivity index (χ2n) is 1.37. The number of hydrogen-bond donors (Lipinski definition) is 0. The van der Waals surface area contributed by atoms with Gasteiger partial charge in [0.1, 0.15) is 0 Å². The van der Waals surface area contributed by atoms with E-state index in [9.17, 15) is 30.7 Å². The van der Waals surface area contributed by atoms with Gasteiger partial charge in [-0.1, -0.05) is 0 Å². The van der Waals surface area contributed by atoms with Gasteiger partial charge in [-0.2, -0.15) is 22.6 Å². The lowest BCUT2D eigenvalue weighted by atomic mass is 10.7. The first-order valence-electron chi connectivity index (χ1n) is 2.02. The molecule has 0 heterocycles. The summed E-state index contributed by atoms with van der Waals surface area (Å²) in [6.07, 6.45) is -11.2. The van der Waals surface area contributed by atoms with E-state index in [2.05, 4.69) is 0 Å². The fourth-order valence-electron chi connectivity index (χ4n) is 0.175. The molecule has 0 aliphatic rings. The number of halogens is 7. The van der Waals surface area contributed by atoms with E-state index >= 15 is 0 Å². The first-order chi connectivity index (χ1) is 4.63. The Hall–Kier alpha value is -0.820. The first kappa shape index (κ1) is 10.2. The number of nitrogens with zero attached hydrogens (tertiary/aromatic N) is 1. The summed E-state index contributed by atoms with van der Waals surface area (Å²) < 4.78 is 77.0. The summed E-state index contributed by atoms with van der Waals surface area (Å²) in [7, 11) is 0. The van der Waals surface area contributed by atoms with Crippen LogP contribution in [-0.4, -0.2) is 18.4 Å². The second-order valence-corrected chi connectivity index (χ2v) is 1.37. The number of hydrogen-bond acceptors (Lipinski definition) is 1. The van der Waals surface area contributed by atoms with Gasteiger partial charge in [-0.3, -0.25) is 0 Å². The molecule has 0 spiro atoms. The third kappa shape index (κ3) is 4.57. The summed E-state index contributed by atoms with van der Waals surface area (Å²) in [4.78, 5) is 0.806. The van der Waals surface area contributed by atoms with Crippen LogP contribution in [0.2, 0.25) is 0 Å². The topological polar surface area (TPSA) is 12.4 Å². The molecule has 0 unspecified atom stereocenters. The molecule has 0 saturated carbocycles. The average Bonchev–Trinajstić information content (AvgIpc) is 1.56. The van der Waals surface area contributed by atoms with Gasteiger partial charge in [0.2, 0.25) is 0 Å². The van der Waals surface area contributed by atoms with Crippen molar-refractivity contribution < 1.29 is 30.7 Å². The maximum Gasteiger partial charge on any atom is 0.505 e. The predicted molar refractivity (Wildman–Crippen MR) is 20.7 cm³/mol. The number of alkyl halides is 6. The zero-order chi connectivity index (χ0) is 9.28. The van der Waals surface area contributed by atoms with Crippen LogP contribution in [0.3, 0.4) is 0 Å². The van der Waals surface area contributed by atoms with Gasteiger partial charge < -0.3 is 0 Å². The van der Waals surface area contributed by atoms with Crippen molar-refractivity contribution >= 4 is 5.97 Å². The lowest BCUT2D eigenvalue weighted by Gasteiger charge is -2.02. The molecule has 0 aliphatic heterocycles. The van der Waals surface area contributed by atoms with Gasteiger partial charge in [0.15, 0.2) is 0 Å². The summed E-state index contributed by atoms with van der Waals surface area (Å²) in [6, 6.07) is 0. The molecule has 0 saturated heterocycles. The maximum atomic E-state index is 11.3. The minimum absolute atomic E-state index is 0.806. The van der Waals surface area contributed by atoms with Crippen molar-refractivity contribution in [1.82, 2.24) is 0 Å². The Morgan fingerprint density at radius 3 is 1.36 bits per heavy atom. The molecule has 11 heavy (non-hydrogen) atoms. The third-order valence-electron chi connectivity index (χ3n) is 0.459. The second kappa shape index (κ2) is 2.67. The van der Waals surface area contributed by atoms with Gasteiger partial charge in [0, 0.05) is 0 Å². The Morgan fingerprint density at radius 2 is 1.27 bits per heavy atom. The molecule has 8 heteroatoms. The van der Waals surface area contributed by atoms with Gasteiger partial charge in [-0.25, -0.2) is 0 Å². The van der Waals surface area contributed by atoms with Crippen LogP contribution in [0.5, 0.6) is 0 Å². The van der Waals surface area contributed by atoms with Gasteiger partial charge in [0.25, 0.3) is 5.97 Å². The molecule has 66 valence electrons. The summed E-state index contributed by atoms with van der Waals surface area (Å²) >= 11 is 0. The van der Waals surface area contributed by atoms with E-state index < -0.39 is 18.4 Å². The van der Waals surface area contributed by atoms with Crippen LogP contribution < -0.4 is 0 Å². The lowest BCUT2D eigenvalue weighted by Crippen LogP contribution is -2.21. The van der Waals surface area contributed by atoms with E-state index in [-0.39, 0.29) is 0 Å². The minimum atomic E-state index is -5.67. The van der Waals surface area contributed by atoms with Crippen molar-refractivity contribution in [1.29, 1.82) is 0 Å². The molecule has 0 fully saturated rings. The first-order valence-corrected chi connectivity index (χ1v) is 2.02. The standard InChI is InChI=1S/C3F7N/c4-1(2(5,6)7)11-3(8,9)10. The Balaban J connectivity index is 4.49. The van der Waals surface area contributed by atoms with Gasteiger partial charge in [0.05, 0.1) is 0 Å². The Bertz CT molecular complexity index is 162. The van der Waals surface area contributed by atoms with Crippen molar-refractivity contribution in [2.24, 2.45) is 4.99 Å². The fraction of sp³-hybridized carbons (Fsp3) is 0.667.